The van der Waals surface area contributed by atoms with Crippen LogP contribution in [0, 0.1) is 5.92 Å². The van der Waals surface area contributed by atoms with E-state index in [1.165, 1.54) is 19.3 Å². The number of rotatable bonds is 4. The summed E-state index contributed by atoms with van der Waals surface area (Å²) in [6.07, 6.45) is 5.56. The highest BCUT2D eigenvalue weighted by Crippen LogP contribution is 2.38. The number of hydrogen-bond acceptors (Lipinski definition) is 4. The molecule has 92 valence electrons. The standard InChI is InChI=1S/C12H16N2O2S/c15-11(16)8-4-5-9-10(8)14-12(17-9)13-6-7-2-1-3-7/h7-8H,1-6H2,(H,13,14)(H,15,16). The first kappa shape index (κ1) is 11.0. The van der Waals surface area contributed by atoms with Crippen molar-refractivity contribution in [2.24, 2.45) is 5.92 Å². The molecule has 3 rings (SSSR count). The van der Waals surface area contributed by atoms with Gasteiger partial charge in [0, 0.05) is 11.4 Å². The summed E-state index contributed by atoms with van der Waals surface area (Å²) in [6.45, 7) is 0.990. The second-order valence-corrected chi connectivity index (χ2v) is 6.02. The molecule has 4 nitrogen and oxygen atoms in total. The van der Waals surface area contributed by atoms with Gasteiger partial charge in [0.2, 0.25) is 0 Å². The fraction of sp³-hybridized carbons (Fsp3) is 0.667. The molecule has 1 saturated carbocycles. The first-order valence-electron chi connectivity index (χ1n) is 6.20. The Morgan fingerprint density at radius 2 is 2.29 bits per heavy atom. The average molecular weight is 252 g/mol. The molecule has 0 spiro atoms. The molecule has 1 unspecified atom stereocenters. The maximum absolute atomic E-state index is 11.0. The number of anilines is 1. The van der Waals surface area contributed by atoms with Crippen LogP contribution in [-0.2, 0) is 11.2 Å². The van der Waals surface area contributed by atoms with E-state index < -0.39 is 5.97 Å². The smallest absolute Gasteiger partial charge is 0.312 e. The van der Waals surface area contributed by atoms with Crippen molar-refractivity contribution in [3.05, 3.63) is 10.6 Å². The van der Waals surface area contributed by atoms with Gasteiger partial charge in [-0.15, -0.1) is 11.3 Å². The number of aromatic nitrogens is 1. The van der Waals surface area contributed by atoms with Crippen molar-refractivity contribution in [3.8, 4) is 0 Å². The highest BCUT2D eigenvalue weighted by atomic mass is 32.1. The van der Waals surface area contributed by atoms with Crippen LogP contribution in [0.3, 0.4) is 0 Å². The monoisotopic (exact) mass is 252 g/mol. The van der Waals surface area contributed by atoms with E-state index in [0.717, 1.165) is 34.6 Å². The molecule has 17 heavy (non-hydrogen) atoms. The lowest BCUT2D eigenvalue weighted by Gasteiger charge is -2.25. The van der Waals surface area contributed by atoms with Crippen molar-refractivity contribution in [1.82, 2.24) is 4.98 Å². The number of hydrogen-bond donors (Lipinski definition) is 2. The van der Waals surface area contributed by atoms with Crippen molar-refractivity contribution in [1.29, 1.82) is 0 Å². The van der Waals surface area contributed by atoms with E-state index in [4.69, 9.17) is 5.11 Å². The fourth-order valence-electron chi connectivity index (χ4n) is 2.47. The minimum Gasteiger partial charge on any atom is -0.481 e. The number of carboxylic acid groups (broad SMARTS) is 1. The Hall–Kier alpha value is -1.10. The Morgan fingerprint density at radius 1 is 1.47 bits per heavy atom. The van der Waals surface area contributed by atoms with E-state index in [0.29, 0.717) is 6.42 Å². The molecule has 0 amide bonds. The van der Waals surface area contributed by atoms with Gasteiger partial charge >= 0.3 is 5.97 Å². The van der Waals surface area contributed by atoms with E-state index in [9.17, 15) is 4.79 Å². The maximum atomic E-state index is 11.0. The molecule has 1 atom stereocenters. The molecule has 1 fully saturated rings. The van der Waals surface area contributed by atoms with E-state index >= 15 is 0 Å². The number of fused-ring (bicyclic) bond motifs is 1. The quantitative estimate of drug-likeness (QED) is 0.864. The molecule has 0 bridgehead atoms. The highest BCUT2D eigenvalue weighted by Gasteiger charge is 2.32. The van der Waals surface area contributed by atoms with Crippen LogP contribution in [0.15, 0.2) is 0 Å². The van der Waals surface area contributed by atoms with Gasteiger partial charge in [0.25, 0.3) is 0 Å². The third-order valence-electron chi connectivity index (χ3n) is 3.78. The third kappa shape index (κ3) is 2.04. The van der Waals surface area contributed by atoms with Crippen LogP contribution in [-0.4, -0.2) is 22.6 Å². The lowest BCUT2D eigenvalue weighted by molar-refractivity contribution is -0.138. The first-order valence-corrected chi connectivity index (χ1v) is 7.02. The Balaban J connectivity index is 1.67. The van der Waals surface area contributed by atoms with Crippen LogP contribution >= 0.6 is 11.3 Å². The summed E-state index contributed by atoms with van der Waals surface area (Å²) in [5, 5.41) is 13.3. The molecule has 0 aromatic carbocycles. The summed E-state index contributed by atoms with van der Waals surface area (Å²) >= 11 is 1.63. The SMILES string of the molecule is O=C(O)C1CCc2sc(NCC3CCC3)nc21. The van der Waals surface area contributed by atoms with Crippen LogP contribution < -0.4 is 5.32 Å². The van der Waals surface area contributed by atoms with Gasteiger partial charge in [-0.05, 0) is 31.6 Å². The zero-order valence-corrected chi connectivity index (χ0v) is 10.4. The van der Waals surface area contributed by atoms with Crippen molar-refractivity contribution in [3.63, 3.8) is 0 Å². The molecule has 1 heterocycles. The molecule has 0 aliphatic heterocycles. The Labute approximate surface area is 104 Å². The zero-order chi connectivity index (χ0) is 11.8. The van der Waals surface area contributed by atoms with Gasteiger partial charge in [-0.2, -0.15) is 0 Å². The van der Waals surface area contributed by atoms with E-state index in [1.54, 1.807) is 11.3 Å². The predicted octanol–water partition coefficient (Wildman–Crippen LogP) is 2.47. The number of aliphatic carboxylic acids is 1. The predicted molar refractivity (Wildman–Crippen MR) is 66.6 cm³/mol. The van der Waals surface area contributed by atoms with Crippen molar-refractivity contribution >= 4 is 22.4 Å². The number of carbonyl (C=O) groups is 1. The zero-order valence-electron chi connectivity index (χ0n) is 9.61. The lowest BCUT2D eigenvalue weighted by Crippen LogP contribution is -2.20. The van der Waals surface area contributed by atoms with Crippen molar-refractivity contribution < 1.29 is 9.90 Å². The van der Waals surface area contributed by atoms with Gasteiger partial charge in [-0.1, -0.05) is 6.42 Å². The summed E-state index contributed by atoms with van der Waals surface area (Å²) < 4.78 is 0. The normalized spacial score (nSPS) is 23.2. The topological polar surface area (TPSA) is 62.2 Å². The van der Waals surface area contributed by atoms with Gasteiger partial charge in [0.15, 0.2) is 5.13 Å². The summed E-state index contributed by atoms with van der Waals surface area (Å²) in [5.41, 5.74) is 0.804. The van der Waals surface area contributed by atoms with Crippen LogP contribution in [0.4, 0.5) is 5.13 Å². The molecule has 2 aliphatic rings. The molecule has 5 heteroatoms. The molecule has 0 saturated heterocycles. The largest absolute Gasteiger partial charge is 0.481 e. The number of thiazole rings is 1. The van der Waals surface area contributed by atoms with Crippen LogP contribution in [0.2, 0.25) is 0 Å². The number of nitrogens with zero attached hydrogens (tertiary/aromatic N) is 1. The van der Waals surface area contributed by atoms with Gasteiger partial charge in [0.1, 0.15) is 5.92 Å². The third-order valence-corrected chi connectivity index (χ3v) is 4.87. The van der Waals surface area contributed by atoms with Gasteiger partial charge in [-0.25, -0.2) is 4.98 Å². The minimum atomic E-state index is -0.736. The van der Waals surface area contributed by atoms with Crippen LogP contribution in [0.5, 0.6) is 0 Å². The molecular formula is C12H16N2O2S. The number of aryl methyl sites for hydroxylation is 1. The minimum absolute atomic E-state index is 0.375. The maximum Gasteiger partial charge on any atom is 0.312 e. The highest BCUT2D eigenvalue weighted by molar-refractivity contribution is 7.15. The second kappa shape index (κ2) is 4.29. The first-order chi connectivity index (χ1) is 8.24. The number of carboxylic acids is 1. The van der Waals surface area contributed by atoms with Crippen molar-refractivity contribution in [2.75, 3.05) is 11.9 Å². The van der Waals surface area contributed by atoms with Gasteiger partial charge in [0.05, 0.1) is 5.69 Å². The average Bonchev–Trinajstić information content (AvgIpc) is 2.73. The Morgan fingerprint density at radius 3 is 2.94 bits per heavy atom. The molecule has 2 N–H and O–H groups in total. The molecule has 1 aromatic heterocycles. The number of nitrogens with one attached hydrogen (secondary N) is 1. The second-order valence-electron chi connectivity index (χ2n) is 4.93. The van der Waals surface area contributed by atoms with E-state index in [-0.39, 0.29) is 5.92 Å². The van der Waals surface area contributed by atoms with Crippen LogP contribution in [0.1, 0.15) is 42.2 Å². The van der Waals surface area contributed by atoms with Crippen molar-refractivity contribution in [2.45, 2.75) is 38.0 Å². The van der Waals surface area contributed by atoms with Crippen LogP contribution in [0.25, 0.3) is 0 Å². The molecular weight excluding hydrogens is 236 g/mol. The molecule has 2 aliphatic carbocycles. The van der Waals surface area contributed by atoms with Gasteiger partial charge < -0.3 is 10.4 Å². The molecule has 0 radical (unpaired) electrons. The summed E-state index contributed by atoms with van der Waals surface area (Å²) in [6, 6.07) is 0. The lowest BCUT2D eigenvalue weighted by atomic mass is 9.86. The Bertz CT molecular complexity index is 440. The molecule has 1 aromatic rings. The summed E-state index contributed by atoms with van der Waals surface area (Å²) in [7, 11) is 0. The summed E-state index contributed by atoms with van der Waals surface area (Å²) in [5.74, 6) is -0.316. The fourth-order valence-corrected chi connectivity index (χ4v) is 3.52. The van der Waals surface area contributed by atoms with E-state index in [1.807, 2.05) is 0 Å². The van der Waals surface area contributed by atoms with E-state index in [2.05, 4.69) is 10.3 Å². The van der Waals surface area contributed by atoms with Gasteiger partial charge in [-0.3, -0.25) is 4.79 Å². The Kier molecular flexibility index (Phi) is 2.78. The summed E-state index contributed by atoms with van der Waals surface area (Å²) in [4.78, 5) is 16.7.